The van der Waals surface area contributed by atoms with Crippen molar-refractivity contribution in [2.75, 3.05) is 17.3 Å². The van der Waals surface area contributed by atoms with Crippen LogP contribution in [0.4, 0.5) is 11.4 Å². The first-order chi connectivity index (χ1) is 15.0. The number of amides is 2. The smallest absolute Gasteiger partial charge is 0.268 e. The van der Waals surface area contributed by atoms with E-state index in [1.165, 1.54) is 7.11 Å². The number of para-hydroxylation sites is 1. The van der Waals surface area contributed by atoms with Crippen LogP contribution in [0.3, 0.4) is 0 Å². The summed E-state index contributed by atoms with van der Waals surface area (Å²) in [7, 11) is 1.53. The predicted octanol–water partition coefficient (Wildman–Crippen LogP) is 4.57. The monoisotopic (exact) mass is 416 g/mol. The van der Waals surface area contributed by atoms with Crippen LogP contribution in [0.25, 0.3) is 0 Å². The molecule has 1 aliphatic heterocycles. The number of ether oxygens (including phenoxy) is 2. The number of anilines is 2. The Morgan fingerprint density at radius 3 is 2.61 bits per heavy atom. The number of benzene rings is 3. The molecule has 0 aromatic heterocycles. The molecule has 0 radical (unpaired) electrons. The van der Waals surface area contributed by atoms with Gasteiger partial charge in [-0.05, 0) is 55.3 Å². The molecule has 31 heavy (non-hydrogen) atoms. The van der Waals surface area contributed by atoms with Crippen LogP contribution in [0.1, 0.15) is 28.4 Å². The number of hydrogen-bond donors (Lipinski definition) is 1. The highest BCUT2D eigenvalue weighted by Gasteiger charge is 2.32. The van der Waals surface area contributed by atoms with Crippen molar-refractivity contribution < 1.29 is 19.1 Å². The fourth-order valence-corrected chi connectivity index (χ4v) is 3.64. The average Bonchev–Trinajstić information content (AvgIpc) is 2.78. The maximum Gasteiger partial charge on any atom is 0.268 e. The molecule has 3 aromatic rings. The van der Waals surface area contributed by atoms with Gasteiger partial charge in [0.15, 0.2) is 6.10 Å². The Labute approximate surface area is 181 Å². The third kappa shape index (κ3) is 4.10. The van der Waals surface area contributed by atoms with E-state index >= 15 is 0 Å². The minimum absolute atomic E-state index is 0.121. The van der Waals surface area contributed by atoms with Crippen LogP contribution in [0.15, 0.2) is 66.7 Å². The Bertz CT molecular complexity index is 1140. The van der Waals surface area contributed by atoms with E-state index in [0.29, 0.717) is 35.0 Å². The standard InChI is InChI=1S/C25H24N2O4/c1-16-8-4-5-9-18(16)15-27-21-14-19(12-13-23(21)31-17(2)25(27)29)26-24(28)20-10-6-7-11-22(20)30-3/h4-14,17H,15H2,1-3H3,(H,26,28). The molecule has 0 aliphatic carbocycles. The molecule has 4 rings (SSSR count). The summed E-state index contributed by atoms with van der Waals surface area (Å²) in [6, 6.07) is 20.3. The average molecular weight is 416 g/mol. The Morgan fingerprint density at radius 1 is 1.10 bits per heavy atom. The molecule has 2 amide bonds. The maximum atomic E-state index is 12.9. The van der Waals surface area contributed by atoms with Crippen molar-refractivity contribution in [2.24, 2.45) is 0 Å². The van der Waals surface area contributed by atoms with Gasteiger partial charge in [-0.25, -0.2) is 0 Å². The van der Waals surface area contributed by atoms with Gasteiger partial charge < -0.3 is 19.7 Å². The summed E-state index contributed by atoms with van der Waals surface area (Å²) in [4.78, 5) is 27.4. The first-order valence-corrected chi connectivity index (χ1v) is 10.1. The van der Waals surface area contributed by atoms with E-state index in [1.807, 2.05) is 37.3 Å². The lowest BCUT2D eigenvalue weighted by Crippen LogP contribution is -2.44. The minimum Gasteiger partial charge on any atom is -0.496 e. The number of rotatable bonds is 5. The number of fused-ring (bicyclic) bond motifs is 1. The third-order valence-corrected chi connectivity index (χ3v) is 5.37. The number of aryl methyl sites for hydroxylation is 1. The quantitative estimate of drug-likeness (QED) is 0.662. The summed E-state index contributed by atoms with van der Waals surface area (Å²) in [5.74, 6) is 0.686. The van der Waals surface area contributed by atoms with Crippen molar-refractivity contribution in [2.45, 2.75) is 26.5 Å². The zero-order valence-corrected chi connectivity index (χ0v) is 17.7. The van der Waals surface area contributed by atoms with E-state index in [4.69, 9.17) is 9.47 Å². The molecule has 0 saturated carbocycles. The van der Waals surface area contributed by atoms with Crippen molar-refractivity contribution in [3.05, 3.63) is 83.4 Å². The van der Waals surface area contributed by atoms with Crippen LogP contribution in [-0.4, -0.2) is 25.0 Å². The molecular weight excluding hydrogens is 392 g/mol. The lowest BCUT2D eigenvalue weighted by Gasteiger charge is -2.33. The molecule has 0 fully saturated rings. The number of methoxy groups -OCH3 is 1. The normalized spacial score (nSPS) is 15.1. The van der Waals surface area contributed by atoms with Gasteiger partial charge in [0.1, 0.15) is 11.5 Å². The number of nitrogens with zero attached hydrogens (tertiary/aromatic N) is 1. The van der Waals surface area contributed by atoms with Crippen molar-refractivity contribution in [1.29, 1.82) is 0 Å². The Kier molecular flexibility index (Phi) is 5.62. The highest BCUT2D eigenvalue weighted by molar-refractivity contribution is 6.07. The zero-order chi connectivity index (χ0) is 22.0. The summed E-state index contributed by atoms with van der Waals surface area (Å²) in [5, 5.41) is 2.89. The van der Waals surface area contributed by atoms with Crippen molar-refractivity contribution >= 4 is 23.2 Å². The van der Waals surface area contributed by atoms with Gasteiger partial charge in [0, 0.05) is 5.69 Å². The third-order valence-electron chi connectivity index (χ3n) is 5.37. The molecule has 1 atom stereocenters. The Balaban J connectivity index is 1.65. The second kappa shape index (κ2) is 8.52. The molecule has 1 heterocycles. The fourth-order valence-electron chi connectivity index (χ4n) is 3.64. The topological polar surface area (TPSA) is 67.9 Å². The molecule has 0 bridgehead atoms. The summed E-state index contributed by atoms with van der Waals surface area (Å²) in [6.07, 6.45) is -0.578. The SMILES string of the molecule is COc1ccccc1C(=O)Nc1ccc2c(c1)N(Cc1ccccc1C)C(=O)C(C)O2. The lowest BCUT2D eigenvalue weighted by molar-refractivity contribution is -0.125. The highest BCUT2D eigenvalue weighted by Crippen LogP contribution is 2.37. The molecule has 1 N–H and O–H groups in total. The van der Waals surface area contributed by atoms with E-state index in [2.05, 4.69) is 5.32 Å². The first kappa shape index (κ1) is 20.5. The van der Waals surface area contributed by atoms with Gasteiger partial charge in [-0.2, -0.15) is 0 Å². The second-order valence-electron chi connectivity index (χ2n) is 7.45. The van der Waals surface area contributed by atoms with Gasteiger partial charge in [-0.3, -0.25) is 9.59 Å². The zero-order valence-electron chi connectivity index (χ0n) is 17.7. The molecule has 1 aliphatic rings. The second-order valence-corrected chi connectivity index (χ2v) is 7.45. The van der Waals surface area contributed by atoms with Crippen LogP contribution >= 0.6 is 0 Å². The maximum absolute atomic E-state index is 12.9. The predicted molar refractivity (Wildman–Crippen MR) is 120 cm³/mol. The van der Waals surface area contributed by atoms with Gasteiger partial charge in [0.05, 0.1) is 24.9 Å². The number of nitrogens with one attached hydrogen (secondary N) is 1. The first-order valence-electron chi connectivity index (χ1n) is 10.1. The van der Waals surface area contributed by atoms with Crippen molar-refractivity contribution in [1.82, 2.24) is 0 Å². The Hall–Kier alpha value is -3.80. The van der Waals surface area contributed by atoms with Crippen LogP contribution < -0.4 is 19.7 Å². The number of carbonyl (C=O) groups is 2. The van der Waals surface area contributed by atoms with E-state index in [9.17, 15) is 9.59 Å². The minimum atomic E-state index is -0.578. The van der Waals surface area contributed by atoms with E-state index < -0.39 is 6.10 Å². The van der Waals surface area contributed by atoms with Crippen molar-refractivity contribution in [3.8, 4) is 11.5 Å². The van der Waals surface area contributed by atoms with Crippen molar-refractivity contribution in [3.63, 3.8) is 0 Å². The summed E-state index contributed by atoms with van der Waals surface area (Å²) < 4.78 is 11.1. The lowest BCUT2D eigenvalue weighted by atomic mass is 10.1. The molecule has 1 unspecified atom stereocenters. The van der Waals surface area contributed by atoms with Gasteiger partial charge in [0.25, 0.3) is 11.8 Å². The molecule has 6 nitrogen and oxygen atoms in total. The van der Waals surface area contributed by atoms with Gasteiger partial charge >= 0.3 is 0 Å². The van der Waals surface area contributed by atoms with Gasteiger partial charge in [-0.1, -0.05) is 36.4 Å². The van der Waals surface area contributed by atoms with E-state index in [-0.39, 0.29) is 11.8 Å². The Morgan fingerprint density at radius 2 is 1.84 bits per heavy atom. The summed E-state index contributed by atoms with van der Waals surface area (Å²) in [5.41, 5.74) is 3.79. The summed E-state index contributed by atoms with van der Waals surface area (Å²) >= 11 is 0. The largest absolute Gasteiger partial charge is 0.496 e. The fraction of sp³-hybridized carbons (Fsp3) is 0.200. The van der Waals surface area contributed by atoms with E-state index in [0.717, 1.165) is 11.1 Å². The highest BCUT2D eigenvalue weighted by atomic mass is 16.5. The molecular formula is C25H24N2O4. The van der Waals surface area contributed by atoms with E-state index in [1.54, 1.807) is 48.2 Å². The van der Waals surface area contributed by atoms with Crippen LogP contribution in [0, 0.1) is 6.92 Å². The number of carbonyl (C=O) groups excluding carboxylic acids is 2. The molecule has 3 aromatic carbocycles. The van der Waals surface area contributed by atoms with Crippen LogP contribution in [-0.2, 0) is 11.3 Å². The van der Waals surface area contributed by atoms with Crippen LogP contribution in [0.5, 0.6) is 11.5 Å². The molecule has 6 heteroatoms. The summed E-state index contributed by atoms with van der Waals surface area (Å²) in [6.45, 7) is 4.19. The van der Waals surface area contributed by atoms with Gasteiger partial charge in [-0.15, -0.1) is 0 Å². The number of hydrogen-bond acceptors (Lipinski definition) is 4. The van der Waals surface area contributed by atoms with Gasteiger partial charge in [0.2, 0.25) is 0 Å². The molecule has 0 spiro atoms. The molecule has 158 valence electrons. The van der Waals surface area contributed by atoms with Crippen LogP contribution in [0.2, 0.25) is 0 Å². The molecule has 0 saturated heterocycles.